The van der Waals surface area contributed by atoms with E-state index in [1.807, 2.05) is 12.3 Å². The second-order valence-corrected chi connectivity index (χ2v) is 11.6. The average molecular weight is 488 g/mol. The van der Waals surface area contributed by atoms with Crippen molar-refractivity contribution in [2.45, 2.75) is 38.9 Å². The topological polar surface area (TPSA) is 44.2 Å². The smallest absolute Gasteiger partial charge is 0.399 e. The van der Waals surface area contributed by atoms with Gasteiger partial charge in [-0.25, -0.2) is 4.98 Å². The van der Waals surface area contributed by atoms with Gasteiger partial charge in [0.25, 0.3) is 0 Å². The molecule has 0 radical (unpaired) electrons. The highest BCUT2D eigenvalue weighted by Crippen LogP contribution is 2.40. The number of fused-ring (bicyclic) bond motifs is 6. The molecular weight excluding hydrogens is 463 g/mol. The molecule has 4 nitrogen and oxygen atoms in total. The molecule has 4 heterocycles. The molecule has 0 atom stereocenters. The molecule has 176 valence electrons. The summed E-state index contributed by atoms with van der Waals surface area (Å²) in [5, 5.41) is 4.59. The van der Waals surface area contributed by atoms with Crippen molar-refractivity contribution in [3.05, 3.63) is 79.0 Å². The lowest BCUT2D eigenvalue weighted by Crippen LogP contribution is -2.41. The Bertz CT molecular complexity index is 1810. The van der Waals surface area contributed by atoms with Crippen LogP contribution in [0.1, 0.15) is 27.7 Å². The van der Waals surface area contributed by atoms with Gasteiger partial charge >= 0.3 is 7.12 Å². The Morgan fingerprint density at radius 1 is 0.750 bits per heavy atom. The number of aromatic nitrogens is 2. The van der Waals surface area contributed by atoms with Crippen LogP contribution in [0.2, 0.25) is 0 Å². The van der Waals surface area contributed by atoms with Crippen LogP contribution in [0.4, 0.5) is 0 Å². The Morgan fingerprint density at radius 3 is 2.31 bits per heavy atom. The first-order valence-electron chi connectivity index (χ1n) is 12.3. The number of hydrogen-bond donors (Lipinski definition) is 0. The normalized spacial score (nSPS) is 17.1. The van der Waals surface area contributed by atoms with Crippen LogP contribution < -0.4 is 5.46 Å². The molecule has 3 aromatic heterocycles. The highest BCUT2D eigenvalue weighted by Gasteiger charge is 2.52. The van der Waals surface area contributed by atoms with Crippen LogP contribution >= 0.6 is 11.3 Å². The minimum atomic E-state index is -0.406. The van der Waals surface area contributed by atoms with E-state index in [-0.39, 0.29) is 11.2 Å². The van der Waals surface area contributed by atoms with Gasteiger partial charge in [0.2, 0.25) is 0 Å². The Morgan fingerprint density at radius 2 is 1.50 bits per heavy atom. The van der Waals surface area contributed by atoms with Gasteiger partial charge in [0.05, 0.1) is 27.9 Å². The zero-order valence-corrected chi connectivity index (χ0v) is 21.5. The highest BCUT2D eigenvalue weighted by atomic mass is 32.1. The van der Waals surface area contributed by atoms with E-state index in [1.54, 1.807) is 11.3 Å². The lowest BCUT2D eigenvalue weighted by molar-refractivity contribution is 0.00578. The van der Waals surface area contributed by atoms with Gasteiger partial charge in [0, 0.05) is 42.7 Å². The monoisotopic (exact) mass is 488 g/mol. The highest BCUT2D eigenvalue weighted by molar-refractivity contribution is 7.26. The number of pyridine rings is 2. The van der Waals surface area contributed by atoms with Gasteiger partial charge in [0.1, 0.15) is 0 Å². The van der Waals surface area contributed by atoms with Gasteiger partial charge in [-0.1, -0.05) is 42.5 Å². The van der Waals surface area contributed by atoms with Gasteiger partial charge in [-0.15, -0.1) is 11.3 Å². The van der Waals surface area contributed by atoms with Crippen LogP contribution in [-0.2, 0) is 9.31 Å². The third kappa shape index (κ3) is 3.22. The standard InChI is InChI=1S/C30H25BN2O2S/c1-29(2)30(3,4)35-31(34-29)22-8-5-9-25-26(22)21-17-20(13-15-24(21)36-25)23-14-12-19-11-10-18-7-6-16-32-27(18)28(19)33-23/h5-17H,1-4H3. The molecule has 1 fully saturated rings. The van der Waals surface area contributed by atoms with Gasteiger partial charge in [-0.05, 0) is 63.5 Å². The van der Waals surface area contributed by atoms with E-state index in [9.17, 15) is 0 Å². The number of benzene rings is 3. The predicted molar refractivity (Wildman–Crippen MR) is 151 cm³/mol. The predicted octanol–water partition coefficient (Wildman–Crippen LogP) is 7.12. The van der Waals surface area contributed by atoms with Crippen molar-refractivity contribution in [1.29, 1.82) is 0 Å². The van der Waals surface area contributed by atoms with Crippen molar-refractivity contribution in [3.63, 3.8) is 0 Å². The van der Waals surface area contributed by atoms with Crippen molar-refractivity contribution in [1.82, 2.24) is 9.97 Å². The van der Waals surface area contributed by atoms with E-state index in [0.29, 0.717) is 0 Å². The summed E-state index contributed by atoms with van der Waals surface area (Å²) in [6, 6.07) is 25.5. The van der Waals surface area contributed by atoms with Crippen LogP contribution in [0, 0.1) is 0 Å². The summed E-state index contributed by atoms with van der Waals surface area (Å²) in [5.41, 5.74) is 4.19. The molecule has 0 saturated carbocycles. The van der Waals surface area contributed by atoms with Crippen molar-refractivity contribution < 1.29 is 9.31 Å². The van der Waals surface area contributed by atoms with E-state index < -0.39 is 7.12 Å². The SMILES string of the molecule is CC1(C)OB(c2cccc3sc4ccc(-c5ccc6ccc7cccnc7c6n5)cc4c23)OC1(C)C. The third-order valence-corrected chi connectivity index (χ3v) is 8.90. The van der Waals surface area contributed by atoms with Crippen molar-refractivity contribution in [2.75, 3.05) is 0 Å². The van der Waals surface area contributed by atoms with Gasteiger partial charge in [0.15, 0.2) is 0 Å². The summed E-state index contributed by atoms with van der Waals surface area (Å²) in [6.07, 6.45) is 1.83. The van der Waals surface area contributed by atoms with Crippen LogP contribution in [-0.4, -0.2) is 28.3 Å². The van der Waals surface area contributed by atoms with Crippen molar-refractivity contribution >= 4 is 65.9 Å². The fourth-order valence-corrected chi connectivity index (χ4v) is 6.18. The number of hydrogen-bond acceptors (Lipinski definition) is 5. The molecule has 0 amide bonds. The first-order valence-corrected chi connectivity index (χ1v) is 13.1. The van der Waals surface area contributed by atoms with E-state index in [1.165, 1.54) is 20.2 Å². The van der Waals surface area contributed by atoms with Crippen molar-refractivity contribution in [3.8, 4) is 11.3 Å². The van der Waals surface area contributed by atoms with Crippen LogP contribution in [0.25, 0.3) is 53.2 Å². The molecule has 1 aliphatic heterocycles. The molecule has 6 heteroatoms. The molecule has 0 unspecified atom stereocenters. The number of rotatable bonds is 2. The third-order valence-electron chi connectivity index (χ3n) is 7.76. The molecule has 1 saturated heterocycles. The van der Waals surface area contributed by atoms with Crippen molar-refractivity contribution in [2.24, 2.45) is 0 Å². The minimum Gasteiger partial charge on any atom is -0.399 e. The lowest BCUT2D eigenvalue weighted by atomic mass is 9.76. The summed E-state index contributed by atoms with van der Waals surface area (Å²) in [7, 11) is -0.406. The first kappa shape index (κ1) is 21.9. The number of thiophene rings is 1. The first-order chi connectivity index (χ1) is 17.3. The fraction of sp³-hybridized carbons (Fsp3) is 0.200. The molecule has 0 spiro atoms. The lowest BCUT2D eigenvalue weighted by Gasteiger charge is -2.32. The quantitative estimate of drug-likeness (QED) is 0.192. The van der Waals surface area contributed by atoms with Gasteiger partial charge in [-0.2, -0.15) is 0 Å². The maximum atomic E-state index is 6.44. The molecule has 6 aromatic rings. The zero-order valence-electron chi connectivity index (χ0n) is 20.7. The summed E-state index contributed by atoms with van der Waals surface area (Å²) >= 11 is 1.80. The molecule has 7 rings (SSSR count). The second-order valence-electron chi connectivity index (χ2n) is 10.5. The van der Waals surface area contributed by atoms with E-state index in [0.717, 1.165) is 38.5 Å². The van der Waals surface area contributed by atoms with Crippen LogP contribution in [0.3, 0.4) is 0 Å². The Kier molecular flexibility index (Phi) is 4.62. The Hall–Kier alpha value is -3.32. The van der Waals surface area contributed by atoms with E-state index >= 15 is 0 Å². The summed E-state index contributed by atoms with van der Waals surface area (Å²) in [6.45, 7) is 8.39. The van der Waals surface area contributed by atoms with E-state index in [4.69, 9.17) is 14.3 Å². The molecular formula is C30H25BN2O2S. The Labute approximate surface area is 214 Å². The van der Waals surface area contributed by atoms with Crippen LogP contribution in [0.15, 0.2) is 79.0 Å². The van der Waals surface area contributed by atoms with E-state index in [2.05, 4.69) is 99.4 Å². The second kappa shape index (κ2) is 7.59. The summed E-state index contributed by atoms with van der Waals surface area (Å²) in [4.78, 5) is 9.69. The summed E-state index contributed by atoms with van der Waals surface area (Å²) < 4.78 is 15.4. The Balaban J connectivity index is 1.41. The van der Waals surface area contributed by atoms with Gasteiger partial charge < -0.3 is 9.31 Å². The zero-order chi connectivity index (χ0) is 24.7. The maximum absolute atomic E-state index is 6.44. The number of nitrogens with zero attached hydrogens (tertiary/aromatic N) is 2. The molecule has 0 N–H and O–H groups in total. The molecule has 3 aromatic carbocycles. The molecule has 0 bridgehead atoms. The van der Waals surface area contributed by atoms with Crippen LogP contribution in [0.5, 0.6) is 0 Å². The largest absolute Gasteiger partial charge is 0.495 e. The molecule has 0 aliphatic carbocycles. The molecule has 36 heavy (non-hydrogen) atoms. The molecule has 1 aliphatic rings. The average Bonchev–Trinajstić information content (AvgIpc) is 3.35. The fourth-order valence-electron chi connectivity index (χ4n) is 5.06. The van der Waals surface area contributed by atoms with Gasteiger partial charge in [-0.3, -0.25) is 4.98 Å². The maximum Gasteiger partial charge on any atom is 0.495 e. The summed E-state index contributed by atoms with van der Waals surface area (Å²) in [5.74, 6) is 0. The minimum absolute atomic E-state index is 0.386.